The van der Waals surface area contributed by atoms with Gasteiger partial charge in [-0.1, -0.05) is 13.8 Å². The van der Waals surface area contributed by atoms with Crippen molar-refractivity contribution in [2.45, 2.75) is 45.2 Å². The highest BCUT2D eigenvalue weighted by atomic mass is 16.2. The number of hydrogen-bond acceptors (Lipinski definition) is 3. The van der Waals surface area contributed by atoms with Gasteiger partial charge in [-0.25, -0.2) is 0 Å². The molecule has 3 unspecified atom stereocenters. The molecule has 1 aromatic rings. The van der Waals surface area contributed by atoms with Crippen LogP contribution in [0.2, 0.25) is 0 Å². The predicted molar refractivity (Wildman–Crippen MR) is 83.1 cm³/mol. The van der Waals surface area contributed by atoms with Gasteiger partial charge in [-0.2, -0.15) is 0 Å². The Morgan fingerprint density at radius 2 is 1.77 bits per heavy atom. The average Bonchev–Trinajstić information content (AvgIpc) is 3.11. The molecule has 0 aliphatic heterocycles. The van der Waals surface area contributed by atoms with Gasteiger partial charge in [0.1, 0.15) is 6.04 Å². The van der Waals surface area contributed by atoms with Gasteiger partial charge in [-0.05, 0) is 49.1 Å². The molecule has 2 aliphatic rings. The zero-order valence-electron chi connectivity index (χ0n) is 13.1. The summed E-state index contributed by atoms with van der Waals surface area (Å²) in [6.07, 6.45) is 6.67. The van der Waals surface area contributed by atoms with Crippen LogP contribution in [0.1, 0.15) is 43.5 Å². The second-order valence-corrected chi connectivity index (χ2v) is 6.86. The standard InChI is InChI=1S/C17H23N3O2/c1-10(2)15(20-16(21)11-3-5-18-6-4-11)17(22)19-14-8-12-7-13(12)9-14/h3-6,10,12-15H,7-9H2,1-2H3,(H,19,22)(H,20,21). The Balaban J connectivity index is 1.59. The van der Waals surface area contributed by atoms with Gasteiger partial charge in [-0.3, -0.25) is 14.6 Å². The molecular formula is C17H23N3O2. The second-order valence-electron chi connectivity index (χ2n) is 6.86. The highest BCUT2D eigenvalue weighted by molar-refractivity contribution is 5.97. The number of amides is 2. The third-order valence-corrected chi connectivity index (χ3v) is 4.77. The molecule has 0 saturated heterocycles. The van der Waals surface area contributed by atoms with Crippen molar-refractivity contribution < 1.29 is 9.59 Å². The molecule has 2 saturated carbocycles. The quantitative estimate of drug-likeness (QED) is 0.870. The number of hydrogen-bond donors (Lipinski definition) is 2. The van der Waals surface area contributed by atoms with Crippen molar-refractivity contribution in [1.82, 2.24) is 15.6 Å². The van der Waals surface area contributed by atoms with Crippen LogP contribution in [0.3, 0.4) is 0 Å². The minimum atomic E-state index is -0.502. The van der Waals surface area contributed by atoms with E-state index in [1.54, 1.807) is 24.5 Å². The lowest BCUT2D eigenvalue weighted by Gasteiger charge is -2.24. The van der Waals surface area contributed by atoms with Gasteiger partial charge < -0.3 is 10.6 Å². The summed E-state index contributed by atoms with van der Waals surface area (Å²) in [7, 11) is 0. The average molecular weight is 301 g/mol. The lowest BCUT2D eigenvalue weighted by Crippen LogP contribution is -2.51. The molecule has 0 radical (unpaired) electrons. The van der Waals surface area contributed by atoms with Crippen LogP contribution in [0, 0.1) is 17.8 Å². The third-order valence-electron chi connectivity index (χ3n) is 4.77. The van der Waals surface area contributed by atoms with E-state index in [1.807, 2.05) is 13.8 Å². The third kappa shape index (κ3) is 3.29. The molecule has 1 aromatic heterocycles. The first kappa shape index (κ1) is 15.0. The van der Waals surface area contributed by atoms with Crippen LogP contribution < -0.4 is 10.6 Å². The number of rotatable bonds is 5. The van der Waals surface area contributed by atoms with Crippen molar-refractivity contribution in [3.63, 3.8) is 0 Å². The molecule has 22 heavy (non-hydrogen) atoms. The topological polar surface area (TPSA) is 71.1 Å². The molecule has 5 heteroatoms. The number of carbonyl (C=O) groups excluding carboxylic acids is 2. The molecule has 2 aliphatic carbocycles. The zero-order valence-corrected chi connectivity index (χ0v) is 13.1. The number of nitrogens with one attached hydrogen (secondary N) is 2. The number of nitrogens with zero attached hydrogens (tertiary/aromatic N) is 1. The second kappa shape index (κ2) is 6.07. The molecular weight excluding hydrogens is 278 g/mol. The van der Waals surface area contributed by atoms with E-state index in [9.17, 15) is 9.59 Å². The van der Waals surface area contributed by atoms with E-state index in [4.69, 9.17) is 0 Å². The Hall–Kier alpha value is -1.91. The maximum Gasteiger partial charge on any atom is 0.252 e. The predicted octanol–water partition coefficient (Wildman–Crippen LogP) is 1.75. The van der Waals surface area contributed by atoms with Crippen LogP contribution in [0.5, 0.6) is 0 Å². The van der Waals surface area contributed by atoms with Crippen molar-refractivity contribution in [3.8, 4) is 0 Å². The molecule has 3 rings (SSSR count). The lowest BCUT2D eigenvalue weighted by atomic mass is 10.0. The lowest BCUT2D eigenvalue weighted by molar-refractivity contribution is -0.124. The fourth-order valence-corrected chi connectivity index (χ4v) is 3.39. The van der Waals surface area contributed by atoms with Crippen molar-refractivity contribution in [2.75, 3.05) is 0 Å². The minimum Gasteiger partial charge on any atom is -0.352 e. The summed E-state index contributed by atoms with van der Waals surface area (Å²) in [4.78, 5) is 28.6. The van der Waals surface area contributed by atoms with Gasteiger partial charge in [0.25, 0.3) is 5.91 Å². The monoisotopic (exact) mass is 301 g/mol. The number of fused-ring (bicyclic) bond motifs is 1. The van der Waals surface area contributed by atoms with Crippen molar-refractivity contribution in [2.24, 2.45) is 17.8 Å². The van der Waals surface area contributed by atoms with Gasteiger partial charge in [0.05, 0.1) is 0 Å². The minimum absolute atomic E-state index is 0.0433. The SMILES string of the molecule is CC(C)C(NC(=O)c1ccncc1)C(=O)NC1CC2CC2C1. The van der Waals surface area contributed by atoms with Crippen LogP contribution >= 0.6 is 0 Å². The van der Waals surface area contributed by atoms with E-state index in [0.717, 1.165) is 24.7 Å². The van der Waals surface area contributed by atoms with Crippen LogP contribution in [-0.2, 0) is 4.79 Å². The van der Waals surface area contributed by atoms with Gasteiger partial charge in [-0.15, -0.1) is 0 Å². The van der Waals surface area contributed by atoms with Crippen LogP contribution in [-0.4, -0.2) is 28.9 Å². The molecule has 3 atom stereocenters. The van der Waals surface area contributed by atoms with Gasteiger partial charge >= 0.3 is 0 Å². The van der Waals surface area contributed by atoms with Crippen molar-refractivity contribution in [1.29, 1.82) is 0 Å². The Bertz CT molecular complexity index is 548. The van der Waals surface area contributed by atoms with E-state index >= 15 is 0 Å². The van der Waals surface area contributed by atoms with E-state index in [1.165, 1.54) is 6.42 Å². The fourth-order valence-electron chi connectivity index (χ4n) is 3.39. The maximum absolute atomic E-state index is 12.5. The Morgan fingerprint density at radius 1 is 1.14 bits per heavy atom. The molecule has 1 heterocycles. The summed E-state index contributed by atoms with van der Waals surface area (Å²) in [6, 6.07) is 3.08. The Labute approximate surface area is 130 Å². The first-order valence-corrected chi connectivity index (χ1v) is 8.06. The number of pyridine rings is 1. The van der Waals surface area contributed by atoms with E-state index in [0.29, 0.717) is 5.56 Å². The van der Waals surface area contributed by atoms with Crippen molar-refractivity contribution in [3.05, 3.63) is 30.1 Å². The van der Waals surface area contributed by atoms with E-state index in [-0.39, 0.29) is 23.8 Å². The summed E-state index contributed by atoms with van der Waals surface area (Å²) in [5, 5.41) is 5.96. The highest BCUT2D eigenvalue weighted by Gasteiger charge is 2.46. The van der Waals surface area contributed by atoms with Crippen LogP contribution in [0.25, 0.3) is 0 Å². The van der Waals surface area contributed by atoms with Gasteiger partial charge in [0.15, 0.2) is 0 Å². The summed E-state index contributed by atoms with van der Waals surface area (Å²) in [6.45, 7) is 3.90. The summed E-state index contributed by atoms with van der Waals surface area (Å²) in [5.41, 5.74) is 0.524. The molecule has 0 aromatic carbocycles. The number of carbonyl (C=O) groups is 2. The Kier molecular flexibility index (Phi) is 4.14. The fraction of sp³-hybridized carbons (Fsp3) is 0.588. The van der Waals surface area contributed by atoms with Crippen LogP contribution in [0.15, 0.2) is 24.5 Å². The van der Waals surface area contributed by atoms with Gasteiger partial charge in [0.2, 0.25) is 5.91 Å². The molecule has 118 valence electrons. The molecule has 2 N–H and O–H groups in total. The number of aromatic nitrogens is 1. The maximum atomic E-state index is 12.5. The molecule has 5 nitrogen and oxygen atoms in total. The Morgan fingerprint density at radius 3 is 2.36 bits per heavy atom. The molecule has 0 spiro atoms. The molecule has 0 bridgehead atoms. The summed E-state index contributed by atoms with van der Waals surface area (Å²) < 4.78 is 0. The zero-order chi connectivity index (χ0) is 15.7. The van der Waals surface area contributed by atoms with Gasteiger partial charge in [0, 0.05) is 24.0 Å². The summed E-state index contributed by atoms with van der Waals surface area (Å²) >= 11 is 0. The highest BCUT2D eigenvalue weighted by Crippen LogP contribution is 2.51. The molecule has 2 fully saturated rings. The van der Waals surface area contributed by atoms with Crippen molar-refractivity contribution >= 4 is 11.8 Å². The van der Waals surface area contributed by atoms with Crippen LogP contribution in [0.4, 0.5) is 0 Å². The smallest absolute Gasteiger partial charge is 0.252 e. The molecule has 2 amide bonds. The first-order chi connectivity index (χ1) is 10.5. The summed E-state index contributed by atoms with van der Waals surface area (Å²) in [5.74, 6) is 1.40. The first-order valence-electron chi connectivity index (χ1n) is 8.06. The van der Waals surface area contributed by atoms with E-state index < -0.39 is 6.04 Å². The normalized spacial score (nSPS) is 27.1. The van der Waals surface area contributed by atoms with E-state index in [2.05, 4.69) is 15.6 Å². The largest absolute Gasteiger partial charge is 0.352 e.